The van der Waals surface area contributed by atoms with Crippen molar-refractivity contribution in [1.29, 1.82) is 0 Å². The molecule has 0 aliphatic rings. The molecule has 2 rings (SSSR count). The normalized spacial score (nSPS) is 11.4. The van der Waals surface area contributed by atoms with Crippen molar-refractivity contribution in [3.63, 3.8) is 0 Å². The zero-order chi connectivity index (χ0) is 15.2. The summed E-state index contributed by atoms with van der Waals surface area (Å²) in [6, 6.07) is 7.11. The van der Waals surface area contributed by atoms with Crippen molar-refractivity contribution in [1.82, 2.24) is 9.78 Å². The molecule has 2 aromatic rings. The SMILES string of the molecule is Cc1cc(C#CCN)cc(NC(=O)C(C)n2cccn2)c1. The molecular formula is C16H18N4O. The lowest BCUT2D eigenvalue weighted by atomic mass is 10.1. The van der Waals surface area contributed by atoms with E-state index in [9.17, 15) is 4.79 Å². The van der Waals surface area contributed by atoms with E-state index in [0.29, 0.717) is 6.54 Å². The Kier molecular flexibility index (Phi) is 4.75. The lowest BCUT2D eigenvalue weighted by Gasteiger charge is -2.13. The highest BCUT2D eigenvalue weighted by Gasteiger charge is 2.15. The van der Waals surface area contributed by atoms with Gasteiger partial charge < -0.3 is 11.1 Å². The van der Waals surface area contributed by atoms with E-state index >= 15 is 0 Å². The van der Waals surface area contributed by atoms with Crippen LogP contribution < -0.4 is 11.1 Å². The van der Waals surface area contributed by atoms with E-state index in [2.05, 4.69) is 22.3 Å². The van der Waals surface area contributed by atoms with Gasteiger partial charge in [0.25, 0.3) is 0 Å². The molecule has 1 heterocycles. The first-order valence-corrected chi connectivity index (χ1v) is 6.71. The van der Waals surface area contributed by atoms with Gasteiger partial charge in [0, 0.05) is 23.6 Å². The van der Waals surface area contributed by atoms with Crippen LogP contribution >= 0.6 is 0 Å². The van der Waals surface area contributed by atoms with Crippen LogP contribution in [0, 0.1) is 18.8 Å². The van der Waals surface area contributed by atoms with E-state index in [1.165, 1.54) is 0 Å². The smallest absolute Gasteiger partial charge is 0.248 e. The molecule has 1 aromatic heterocycles. The maximum absolute atomic E-state index is 12.2. The number of rotatable bonds is 3. The molecule has 0 radical (unpaired) electrons. The minimum absolute atomic E-state index is 0.123. The number of amides is 1. The number of nitrogens with one attached hydrogen (secondary N) is 1. The minimum atomic E-state index is -0.376. The van der Waals surface area contributed by atoms with E-state index in [1.807, 2.05) is 25.1 Å². The molecule has 5 nitrogen and oxygen atoms in total. The Morgan fingerprint density at radius 1 is 1.48 bits per heavy atom. The predicted octanol–water partition coefficient (Wildman–Crippen LogP) is 1.70. The van der Waals surface area contributed by atoms with Crippen molar-refractivity contribution in [3.8, 4) is 11.8 Å². The van der Waals surface area contributed by atoms with Gasteiger partial charge in [-0.25, -0.2) is 0 Å². The number of nitrogens with two attached hydrogens (primary N) is 1. The van der Waals surface area contributed by atoms with Crippen molar-refractivity contribution in [2.75, 3.05) is 11.9 Å². The van der Waals surface area contributed by atoms with Gasteiger partial charge in [0.2, 0.25) is 5.91 Å². The lowest BCUT2D eigenvalue weighted by molar-refractivity contribution is -0.119. The van der Waals surface area contributed by atoms with Crippen LogP contribution in [0.5, 0.6) is 0 Å². The molecule has 0 spiro atoms. The van der Waals surface area contributed by atoms with Crippen LogP contribution in [0.1, 0.15) is 24.1 Å². The summed E-state index contributed by atoms with van der Waals surface area (Å²) in [5, 5.41) is 6.96. The summed E-state index contributed by atoms with van der Waals surface area (Å²) in [6.45, 7) is 4.07. The van der Waals surface area contributed by atoms with Crippen LogP contribution in [0.4, 0.5) is 5.69 Å². The molecule has 1 amide bonds. The van der Waals surface area contributed by atoms with Crippen molar-refractivity contribution < 1.29 is 4.79 Å². The van der Waals surface area contributed by atoms with Gasteiger partial charge in [0.15, 0.2) is 0 Å². The Morgan fingerprint density at radius 2 is 2.29 bits per heavy atom. The summed E-state index contributed by atoms with van der Waals surface area (Å²) < 4.78 is 1.61. The van der Waals surface area contributed by atoms with Crippen molar-refractivity contribution >= 4 is 11.6 Å². The summed E-state index contributed by atoms with van der Waals surface area (Å²) in [7, 11) is 0. The highest BCUT2D eigenvalue weighted by atomic mass is 16.2. The third kappa shape index (κ3) is 3.94. The molecular weight excluding hydrogens is 264 g/mol. The molecule has 1 atom stereocenters. The molecule has 0 aliphatic heterocycles. The van der Waals surface area contributed by atoms with Crippen LogP contribution in [0.3, 0.4) is 0 Å². The number of aryl methyl sites for hydroxylation is 1. The maximum atomic E-state index is 12.2. The van der Waals surface area contributed by atoms with Gasteiger partial charge >= 0.3 is 0 Å². The first-order valence-electron chi connectivity index (χ1n) is 6.71. The first kappa shape index (κ1) is 14.8. The Morgan fingerprint density at radius 3 is 2.95 bits per heavy atom. The van der Waals surface area contributed by atoms with Gasteiger partial charge in [-0.05, 0) is 43.7 Å². The monoisotopic (exact) mass is 282 g/mol. The Labute approximate surface area is 124 Å². The number of nitrogens with zero attached hydrogens (tertiary/aromatic N) is 2. The standard InChI is InChI=1S/C16H18N4O/c1-12-9-14(5-3-6-17)11-15(10-12)19-16(21)13(2)20-8-4-7-18-20/h4,7-11,13H,6,17H2,1-2H3,(H,19,21). The second-order valence-electron chi connectivity index (χ2n) is 4.74. The lowest BCUT2D eigenvalue weighted by Crippen LogP contribution is -2.24. The van der Waals surface area contributed by atoms with Gasteiger partial charge in [-0.2, -0.15) is 5.10 Å². The third-order valence-electron chi connectivity index (χ3n) is 2.98. The third-order valence-corrected chi connectivity index (χ3v) is 2.98. The van der Waals surface area contributed by atoms with E-state index in [1.54, 1.807) is 30.1 Å². The molecule has 0 aliphatic carbocycles. The molecule has 0 bridgehead atoms. The molecule has 1 aromatic carbocycles. The zero-order valence-corrected chi connectivity index (χ0v) is 12.1. The summed E-state index contributed by atoms with van der Waals surface area (Å²) >= 11 is 0. The van der Waals surface area contributed by atoms with Gasteiger partial charge in [-0.15, -0.1) is 0 Å². The van der Waals surface area contributed by atoms with Gasteiger partial charge in [0.1, 0.15) is 6.04 Å². The number of anilines is 1. The van der Waals surface area contributed by atoms with Gasteiger partial charge in [0.05, 0.1) is 6.54 Å². The highest BCUT2D eigenvalue weighted by molar-refractivity contribution is 5.93. The number of carbonyl (C=O) groups excluding carboxylic acids is 1. The highest BCUT2D eigenvalue weighted by Crippen LogP contribution is 2.16. The zero-order valence-electron chi connectivity index (χ0n) is 12.1. The Bertz CT molecular complexity index is 680. The van der Waals surface area contributed by atoms with E-state index in [4.69, 9.17) is 5.73 Å². The fourth-order valence-corrected chi connectivity index (χ4v) is 1.96. The second kappa shape index (κ2) is 6.73. The Hall–Kier alpha value is -2.58. The van der Waals surface area contributed by atoms with E-state index < -0.39 is 0 Å². The van der Waals surface area contributed by atoms with Gasteiger partial charge in [-0.1, -0.05) is 11.8 Å². The maximum Gasteiger partial charge on any atom is 0.248 e. The quantitative estimate of drug-likeness (QED) is 0.842. The average Bonchev–Trinajstić information content (AvgIpc) is 2.97. The fraction of sp³-hybridized carbons (Fsp3) is 0.250. The number of hydrogen-bond acceptors (Lipinski definition) is 3. The molecule has 0 saturated carbocycles. The molecule has 1 unspecified atom stereocenters. The summed E-state index contributed by atoms with van der Waals surface area (Å²) in [6.07, 6.45) is 3.41. The fourth-order valence-electron chi connectivity index (χ4n) is 1.96. The molecule has 108 valence electrons. The van der Waals surface area contributed by atoms with E-state index in [-0.39, 0.29) is 11.9 Å². The second-order valence-corrected chi connectivity index (χ2v) is 4.74. The summed E-state index contributed by atoms with van der Waals surface area (Å²) in [5.74, 6) is 5.66. The molecule has 0 fully saturated rings. The molecule has 0 saturated heterocycles. The van der Waals surface area contributed by atoms with Crippen molar-refractivity contribution in [3.05, 3.63) is 47.8 Å². The summed E-state index contributed by atoms with van der Waals surface area (Å²) in [5.41, 5.74) is 7.96. The topological polar surface area (TPSA) is 72.9 Å². The number of benzene rings is 1. The van der Waals surface area contributed by atoms with Crippen LogP contribution in [0.25, 0.3) is 0 Å². The molecule has 5 heteroatoms. The van der Waals surface area contributed by atoms with E-state index in [0.717, 1.165) is 16.8 Å². The van der Waals surface area contributed by atoms with Crippen molar-refractivity contribution in [2.45, 2.75) is 19.9 Å². The van der Waals surface area contributed by atoms with Crippen LogP contribution in [0.2, 0.25) is 0 Å². The first-order chi connectivity index (χ1) is 10.1. The Balaban J connectivity index is 2.15. The molecule has 3 N–H and O–H groups in total. The van der Waals surface area contributed by atoms with Crippen molar-refractivity contribution in [2.24, 2.45) is 5.73 Å². The van der Waals surface area contributed by atoms with Crippen LogP contribution in [0.15, 0.2) is 36.7 Å². The largest absolute Gasteiger partial charge is 0.324 e. The van der Waals surface area contributed by atoms with Crippen LogP contribution in [-0.2, 0) is 4.79 Å². The number of hydrogen-bond donors (Lipinski definition) is 2. The predicted molar refractivity (Wildman–Crippen MR) is 82.7 cm³/mol. The summed E-state index contributed by atoms with van der Waals surface area (Å²) in [4.78, 5) is 12.2. The average molecular weight is 282 g/mol. The van der Waals surface area contributed by atoms with Crippen LogP contribution in [-0.4, -0.2) is 22.2 Å². The number of carbonyl (C=O) groups is 1. The molecule has 21 heavy (non-hydrogen) atoms. The number of aromatic nitrogens is 2. The van der Waals surface area contributed by atoms with Gasteiger partial charge in [-0.3, -0.25) is 9.48 Å². The minimum Gasteiger partial charge on any atom is -0.324 e.